The summed E-state index contributed by atoms with van der Waals surface area (Å²) in [6, 6.07) is 8.88. The molecule has 0 heterocycles. The van der Waals surface area contributed by atoms with Gasteiger partial charge in [-0.3, -0.25) is 0 Å². The zero-order valence-electron chi connectivity index (χ0n) is 24.7. The van der Waals surface area contributed by atoms with Gasteiger partial charge in [0.25, 0.3) is 0 Å². The molecule has 0 bridgehead atoms. The smallest absolute Gasteiger partial charge is 0.119 e. The average Bonchev–Trinajstić information content (AvgIpc) is 2.92. The second-order valence-electron chi connectivity index (χ2n) is 12.7. The van der Waals surface area contributed by atoms with Crippen LogP contribution in [0.2, 0.25) is 0 Å². The van der Waals surface area contributed by atoms with Crippen LogP contribution in [0.5, 0.6) is 11.5 Å². The summed E-state index contributed by atoms with van der Waals surface area (Å²) in [5.74, 6) is 2.29. The minimum Gasteiger partial charge on any atom is -0.508 e. The molecule has 0 unspecified atom stereocenters. The maximum atomic E-state index is 11.0. The Labute approximate surface area is 233 Å². The van der Waals surface area contributed by atoms with Crippen LogP contribution in [-0.2, 0) is 0 Å². The number of phenols is 2. The van der Waals surface area contributed by atoms with Crippen LogP contribution in [0.25, 0.3) is 0 Å². The molecule has 0 atom stereocenters. The molecule has 2 fully saturated rings. The van der Waals surface area contributed by atoms with E-state index in [9.17, 15) is 10.2 Å². The number of aryl methyl sites for hydroxylation is 2. The van der Waals surface area contributed by atoms with Gasteiger partial charge in [-0.2, -0.15) is 0 Å². The molecule has 2 aliphatic carbocycles. The van der Waals surface area contributed by atoms with Crippen LogP contribution in [0, 0.1) is 13.8 Å². The Morgan fingerprint density at radius 2 is 1.03 bits per heavy atom. The molecule has 0 aromatic heterocycles. The largest absolute Gasteiger partial charge is 0.508 e. The Bertz CT molecular complexity index is 937. The Balaban J connectivity index is 1.66. The fourth-order valence-electron chi connectivity index (χ4n) is 7.47. The van der Waals surface area contributed by atoms with Crippen molar-refractivity contribution >= 4 is 0 Å². The lowest BCUT2D eigenvalue weighted by Gasteiger charge is -2.29. The summed E-state index contributed by atoms with van der Waals surface area (Å²) < 4.78 is 0. The quantitative estimate of drug-likeness (QED) is 0.274. The van der Waals surface area contributed by atoms with Crippen molar-refractivity contribution in [3.63, 3.8) is 0 Å². The molecule has 0 spiro atoms. The fraction of sp³-hybridized carbons (Fsp3) is 0.667. The van der Waals surface area contributed by atoms with Gasteiger partial charge in [-0.05, 0) is 103 Å². The van der Waals surface area contributed by atoms with Crippen LogP contribution < -0.4 is 0 Å². The van der Waals surface area contributed by atoms with E-state index in [2.05, 4.69) is 45.0 Å². The minimum absolute atomic E-state index is 0.316. The fourth-order valence-corrected chi connectivity index (χ4v) is 7.47. The first-order chi connectivity index (χ1) is 18.5. The van der Waals surface area contributed by atoms with Crippen LogP contribution in [-0.4, -0.2) is 10.2 Å². The van der Waals surface area contributed by atoms with Crippen molar-refractivity contribution in [2.24, 2.45) is 0 Å². The SMILES string of the molecule is CCCCCCCCCC(c1cc(C2CCCCC2)c(O)cc1C)c1cc(C2CCCCC2)c(O)cc1C. The summed E-state index contributed by atoms with van der Waals surface area (Å²) in [5.41, 5.74) is 7.58. The van der Waals surface area contributed by atoms with Gasteiger partial charge in [0.05, 0.1) is 0 Å². The van der Waals surface area contributed by atoms with Crippen molar-refractivity contribution in [2.75, 3.05) is 0 Å². The summed E-state index contributed by atoms with van der Waals surface area (Å²) in [7, 11) is 0. The second-order valence-corrected chi connectivity index (χ2v) is 12.7. The van der Waals surface area contributed by atoms with Crippen molar-refractivity contribution in [3.05, 3.63) is 57.6 Å². The molecule has 2 aromatic rings. The molecule has 2 nitrogen and oxygen atoms in total. The van der Waals surface area contributed by atoms with Gasteiger partial charge in [0.15, 0.2) is 0 Å². The van der Waals surface area contributed by atoms with E-state index in [1.54, 1.807) is 0 Å². The topological polar surface area (TPSA) is 40.5 Å². The number of phenolic OH excluding ortho intramolecular Hbond substituents is 2. The normalized spacial score (nSPS) is 17.4. The molecular weight excluding hydrogens is 464 g/mol. The number of benzene rings is 2. The first-order valence-electron chi connectivity index (χ1n) is 16.2. The minimum atomic E-state index is 0.316. The predicted octanol–water partition coefficient (Wildman–Crippen LogP) is 11.1. The van der Waals surface area contributed by atoms with Gasteiger partial charge in [0.2, 0.25) is 0 Å². The molecule has 0 radical (unpaired) electrons. The molecule has 0 saturated heterocycles. The van der Waals surface area contributed by atoms with Crippen molar-refractivity contribution in [1.82, 2.24) is 0 Å². The molecule has 2 N–H and O–H groups in total. The molecule has 2 aliphatic rings. The summed E-state index contributed by atoms with van der Waals surface area (Å²) in [5, 5.41) is 22.0. The van der Waals surface area contributed by atoms with E-state index in [1.807, 2.05) is 0 Å². The number of hydrogen-bond acceptors (Lipinski definition) is 2. The third-order valence-electron chi connectivity index (χ3n) is 9.77. The Morgan fingerprint density at radius 3 is 1.47 bits per heavy atom. The van der Waals surface area contributed by atoms with Crippen LogP contribution >= 0.6 is 0 Å². The zero-order valence-corrected chi connectivity index (χ0v) is 24.7. The molecule has 0 aliphatic heterocycles. The summed E-state index contributed by atoms with van der Waals surface area (Å²) in [6.07, 6.45) is 22.9. The lowest BCUT2D eigenvalue weighted by Crippen LogP contribution is -2.11. The molecule has 2 heteroatoms. The van der Waals surface area contributed by atoms with E-state index in [0.717, 1.165) is 6.42 Å². The summed E-state index contributed by atoms with van der Waals surface area (Å²) in [6.45, 7) is 6.66. The Morgan fingerprint density at radius 1 is 0.605 bits per heavy atom. The van der Waals surface area contributed by atoms with E-state index in [4.69, 9.17) is 0 Å². The van der Waals surface area contributed by atoms with Gasteiger partial charge in [-0.1, -0.05) is 103 Å². The van der Waals surface area contributed by atoms with Gasteiger partial charge in [-0.15, -0.1) is 0 Å². The van der Waals surface area contributed by atoms with E-state index in [1.165, 1.54) is 143 Å². The van der Waals surface area contributed by atoms with Gasteiger partial charge < -0.3 is 10.2 Å². The highest BCUT2D eigenvalue weighted by atomic mass is 16.3. The third-order valence-corrected chi connectivity index (χ3v) is 9.77. The maximum Gasteiger partial charge on any atom is 0.119 e. The standard InChI is InChI=1S/C36H54O2/c1-4-5-6-7-8-9-16-21-30(31-24-33(35(37)22-26(31)2)28-17-12-10-13-18-28)32-25-34(36(38)23-27(32)3)29-19-14-11-15-20-29/h22-25,28-30,37-38H,4-21H2,1-3H3. The lowest BCUT2D eigenvalue weighted by atomic mass is 9.76. The maximum absolute atomic E-state index is 11.0. The van der Waals surface area contributed by atoms with Crippen LogP contribution in [0.3, 0.4) is 0 Å². The average molecular weight is 519 g/mol. The molecule has 2 saturated carbocycles. The molecular formula is C36H54O2. The van der Waals surface area contributed by atoms with Crippen LogP contribution in [0.1, 0.15) is 174 Å². The van der Waals surface area contributed by atoms with E-state index < -0.39 is 0 Å². The number of aromatic hydroxyl groups is 2. The van der Waals surface area contributed by atoms with E-state index in [-0.39, 0.29) is 0 Å². The monoisotopic (exact) mass is 518 g/mol. The molecule has 4 rings (SSSR count). The van der Waals surface area contributed by atoms with Crippen molar-refractivity contribution in [1.29, 1.82) is 0 Å². The third kappa shape index (κ3) is 7.36. The highest BCUT2D eigenvalue weighted by molar-refractivity contribution is 5.51. The van der Waals surface area contributed by atoms with Crippen molar-refractivity contribution in [3.8, 4) is 11.5 Å². The summed E-state index contributed by atoms with van der Waals surface area (Å²) >= 11 is 0. The van der Waals surface area contributed by atoms with Crippen molar-refractivity contribution in [2.45, 2.75) is 154 Å². The van der Waals surface area contributed by atoms with Gasteiger partial charge in [0, 0.05) is 5.92 Å². The molecule has 0 amide bonds. The van der Waals surface area contributed by atoms with Gasteiger partial charge >= 0.3 is 0 Å². The van der Waals surface area contributed by atoms with Crippen LogP contribution in [0.4, 0.5) is 0 Å². The van der Waals surface area contributed by atoms with Gasteiger partial charge in [0.1, 0.15) is 11.5 Å². The lowest BCUT2D eigenvalue weighted by molar-refractivity contribution is 0.412. The molecule has 210 valence electrons. The summed E-state index contributed by atoms with van der Waals surface area (Å²) in [4.78, 5) is 0. The number of rotatable bonds is 12. The predicted molar refractivity (Wildman–Crippen MR) is 162 cm³/mol. The molecule has 38 heavy (non-hydrogen) atoms. The van der Waals surface area contributed by atoms with E-state index in [0.29, 0.717) is 29.3 Å². The zero-order chi connectivity index (χ0) is 26.9. The number of unbranched alkanes of at least 4 members (excludes halogenated alkanes) is 6. The first kappa shape index (κ1) is 29.0. The van der Waals surface area contributed by atoms with Crippen LogP contribution in [0.15, 0.2) is 24.3 Å². The first-order valence-corrected chi connectivity index (χ1v) is 16.2. The second kappa shape index (κ2) is 14.4. The number of hydrogen-bond donors (Lipinski definition) is 2. The van der Waals surface area contributed by atoms with Gasteiger partial charge in [-0.25, -0.2) is 0 Å². The highest BCUT2D eigenvalue weighted by Gasteiger charge is 2.26. The Hall–Kier alpha value is -1.96. The molecule has 2 aromatic carbocycles. The van der Waals surface area contributed by atoms with E-state index >= 15 is 0 Å². The Kier molecular flexibility index (Phi) is 11.0. The van der Waals surface area contributed by atoms with Crippen molar-refractivity contribution < 1.29 is 10.2 Å². The highest BCUT2D eigenvalue weighted by Crippen LogP contribution is 2.45.